The molecule has 4 rings (SSSR count). The lowest BCUT2D eigenvalue weighted by atomic mass is 10.1. The quantitative estimate of drug-likeness (QED) is 0.495. The Bertz CT molecular complexity index is 1180. The van der Waals surface area contributed by atoms with Gasteiger partial charge in [-0.2, -0.15) is 0 Å². The molecule has 170 valence electrons. The van der Waals surface area contributed by atoms with Crippen LogP contribution in [0.5, 0.6) is 5.75 Å². The number of nitrogens with zero attached hydrogens (tertiary/aromatic N) is 2. The van der Waals surface area contributed by atoms with Crippen molar-refractivity contribution in [3.63, 3.8) is 0 Å². The molecule has 1 atom stereocenters. The number of nitrogens with one attached hydrogen (secondary N) is 1. The van der Waals surface area contributed by atoms with E-state index in [1.54, 1.807) is 54.5 Å². The Morgan fingerprint density at radius 3 is 2.48 bits per heavy atom. The number of benzene rings is 2. The van der Waals surface area contributed by atoms with Crippen LogP contribution in [-0.2, 0) is 14.4 Å². The van der Waals surface area contributed by atoms with Gasteiger partial charge in [-0.25, -0.2) is 0 Å². The van der Waals surface area contributed by atoms with Crippen molar-refractivity contribution in [3.05, 3.63) is 59.0 Å². The fraction of sp³-hybridized carbons (Fsp3) is 0.250. The van der Waals surface area contributed by atoms with Gasteiger partial charge < -0.3 is 10.1 Å². The van der Waals surface area contributed by atoms with Crippen LogP contribution in [0, 0.1) is 0 Å². The van der Waals surface area contributed by atoms with Gasteiger partial charge in [-0.1, -0.05) is 49.1 Å². The molecule has 1 unspecified atom stereocenters. The van der Waals surface area contributed by atoms with E-state index in [2.05, 4.69) is 5.32 Å². The number of hydrogen-bond acceptors (Lipinski definition) is 6. The van der Waals surface area contributed by atoms with Crippen LogP contribution in [0.25, 0.3) is 5.57 Å². The molecule has 2 aliphatic heterocycles. The molecule has 0 radical (unpaired) electrons. The lowest BCUT2D eigenvalue weighted by molar-refractivity contribution is -0.123. The maximum absolute atomic E-state index is 13.5. The van der Waals surface area contributed by atoms with Gasteiger partial charge in [0.15, 0.2) is 0 Å². The highest BCUT2D eigenvalue weighted by Gasteiger charge is 2.43. The molecule has 2 heterocycles. The van der Waals surface area contributed by atoms with E-state index in [4.69, 9.17) is 17.0 Å². The molecule has 0 bridgehead atoms. The first-order chi connectivity index (χ1) is 15.8. The number of hydrogen-bond donors (Lipinski definition) is 1. The average Bonchev–Trinajstić information content (AvgIpc) is 3.25. The van der Waals surface area contributed by atoms with Crippen LogP contribution in [0.2, 0.25) is 0 Å². The van der Waals surface area contributed by atoms with Gasteiger partial charge in [-0.15, -0.1) is 0 Å². The van der Waals surface area contributed by atoms with E-state index in [1.165, 1.54) is 4.90 Å². The molecule has 9 heteroatoms. The maximum atomic E-state index is 13.5. The lowest BCUT2D eigenvalue weighted by Gasteiger charge is -2.21. The maximum Gasteiger partial charge on any atom is 0.267 e. The zero-order valence-corrected chi connectivity index (χ0v) is 20.1. The molecule has 0 aromatic heterocycles. The van der Waals surface area contributed by atoms with Crippen molar-refractivity contribution in [2.24, 2.45) is 0 Å². The molecule has 0 aliphatic carbocycles. The lowest BCUT2D eigenvalue weighted by Crippen LogP contribution is -2.37. The molecule has 3 amide bonds. The number of methoxy groups -OCH3 is 1. The second-order valence-corrected chi connectivity index (χ2v) is 9.33. The Morgan fingerprint density at radius 2 is 1.82 bits per heavy atom. The molecule has 33 heavy (non-hydrogen) atoms. The summed E-state index contributed by atoms with van der Waals surface area (Å²) in [5, 5.41) is 2.80. The summed E-state index contributed by atoms with van der Waals surface area (Å²) in [6, 6.07) is 14.0. The largest absolute Gasteiger partial charge is 0.497 e. The van der Waals surface area contributed by atoms with E-state index in [1.807, 2.05) is 19.9 Å². The first kappa shape index (κ1) is 23.0. The van der Waals surface area contributed by atoms with Crippen LogP contribution in [-0.4, -0.2) is 46.6 Å². The van der Waals surface area contributed by atoms with Crippen LogP contribution >= 0.6 is 24.0 Å². The number of amides is 3. The Balaban J connectivity index is 1.62. The average molecular weight is 482 g/mol. The highest BCUT2D eigenvalue weighted by molar-refractivity contribution is 8.26. The van der Waals surface area contributed by atoms with Gasteiger partial charge in [-0.3, -0.25) is 24.2 Å². The molecule has 1 saturated heterocycles. The first-order valence-corrected chi connectivity index (χ1v) is 11.7. The Hall–Kier alpha value is -3.17. The highest BCUT2D eigenvalue weighted by Crippen LogP contribution is 2.45. The zero-order valence-electron chi connectivity index (χ0n) is 18.5. The van der Waals surface area contributed by atoms with E-state index >= 15 is 0 Å². The number of carbonyl (C=O) groups excluding carboxylic acids is 3. The second kappa shape index (κ2) is 9.36. The van der Waals surface area contributed by atoms with Gasteiger partial charge >= 0.3 is 0 Å². The summed E-state index contributed by atoms with van der Waals surface area (Å²) in [6.45, 7) is 3.73. The molecule has 1 fully saturated rings. The minimum Gasteiger partial charge on any atom is -0.497 e. The monoisotopic (exact) mass is 481 g/mol. The van der Waals surface area contributed by atoms with Gasteiger partial charge in [0.2, 0.25) is 5.91 Å². The zero-order chi connectivity index (χ0) is 23.7. The molecular formula is C24H23N3O4S2. The molecule has 0 saturated carbocycles. The van der Waals surface area contributed by atoms with E-state index in [9.17, 15) is 14.4 Å². The normalized spacial score (nSPS) is 18.6. The van der Waals surface area contributed by atoms with Crippen LogP contribution in [0.4, 0.5) is 11.4 Å². The predicted octanol–water partition coefficient (Wildman–Crippen LogP) is 4.05. The van der Waals surface area contributed by atoms with Crippen molar-refractivity contribution in [2.75, 3.05) is 23.9 Å². The summed E-state index contributed by atoms with van der Waals surface area (Å²) in [7, 11) is 1.57. The highest BCUT2D eigenvalue weighted by atomic mass is 32.2. The number of thiocarbonyl (C=S) groups is 1. The molecule has 2 aromatic carbocycles. The number of rotatable bonds is 6. The van der Waals surface area contributed by atoms with Gasteiger partial charge in [0.1, 0.15) is 16.6 Å². The minimum absolute atomic E-state index is 0.0614. The fourth-order valence-corrected chi connectivity index (χ4v) is 5.30. The summed E-state index contributed by atoms with van der Waals surface area (Å²) in [5.41, 5.74) is 2.11. The van der Waals surface area contributed by atoms with Crippen molar-refractivity contribution in [1.29, 1.82) is 0 Å². The molecular weight excluding hydrogens is 458 g/mol. The summed E-state index contributed by atoms with van der Waals surface area (Å²) >= 11 is 6.58. The molecule has 1 N–H and O–H groups in total. The van der Waals surface area contributed by atoms with Crippen LogP contribution < -0.4 is 15.0 Å². The topological polar surface area (TPSA) is 79.0 Å². The minimum atomic E-state index is -0.384. The second-order valence-electron chi connectivity index (χ2n) is 7.69. The van der Waals surface area contributed by atoms with E-state index in [0.29, 0.717) is 37.5 Å². The molecule has 2 aromatic rings. The number of carbonyl (C=O) groups is 3. The number of thioether (sulfide) groups is 1. The summed E-state index contributed by atoms with van der Waals surface area (Å²) in [5.74, 6) is -0.319. The number of para-hydroxylation sites is 1. The Morgan fingerprint density at radius 1 is 1.12 bits per heavy atom. The summed E-state index contributed by atoms with van der Waals surface area (Å²) < 4.78 is 5.57. The van der Waals surface area contributed by atoms with Crippen LogP contribution in [0.15, 0.2) is 53.4 Å². The van der Waals surface area contributed by atoms with E-state index in [-0.39, 0.29) is 30.3 Å². The van der Waals surface area contributed by atoms with Gasteiger partial charge in [0, 0.05) is 17.3 Å². The van der Waals surface area contributed by atoms with Gasteiger partial charge in [-0.05, 0) is 43.7 Å². The van der Waals surface area contributed by atoms with Crippen LogP contribution in [0.1, 0.15) is 25.8 Å². The van der Waals surface area contributed by atoms with Crippen molar-refractivity contribution < 1.29 is 19.1 Å². The number of anilines is 2. The third-order valence-electron chi connectivity index (χ3n) is 5.66. The standard InChI is InChI=1S/C24H23N3O4S2/c1-4-14(2)27-23(30)21(33-24(27)32)20-17-7-5-6-8-18(17)26(22(20)29)13-19(28)25-15-9-11-16(31-3)12-10-15/h5-12,14H,4,13H2,1-3H3,(H,25,28)/b21-20-. The van der Waals surface area contributed by atoms with E-state index in [0.717, 1.165) is 18.2 Å². The van der Waals surface area contributed by atoms with Gasteiger partial charge in [0.25, 0.3) is 11.8 Å². The smallest absolute Gasteiger partial charge is 0.267 e. The third kappa shape index (κ3) is 4.26. The Kier molecular flexibility index (Phi) is 6.53. The van der Waals surface area contributed by atoms with Crippen molar-refractivity contribution in [2.45, 2.75) is 26.3 Å². The summed E-state index contributed by atoms with van der Waals surface area (Å²) in [6.07, 6.45) is 0.747. The predicted molar refractivity (Wildman–Crippen MR) is 134 cm³/mol. The Labute approximate surface area is 201 Å². The SMILES string of the molecule is CCC(C)N1C(=O)/C(=C2/C(=O)N(CC(=O)Nc3ccc(OC)cc3)c3ccccc32)SC1=S. The molecule has 0 spiro atoms. The third-order valence-corrected chi connectivity index (χ3v) is 7.06. The molecule has 7 nitrogen and oxygen atoms in total. The number of ether oxygens (including phenoxy) is 1. The van der Waals surface area contributed by atoms with Crippen molar-refractivity contribution in [3.8, 4) is 5.75 Å². The molecule has 2 aliphatic rings. The van der Waals surface area contributed by atoms with Gasteiger partial charge in [0.05, 0.1) is 23.3 Å². The first-order valence-electron chi connectivity index (χ1n) is 10.5. The summed E-state index contributed by atoms with van der Waals surface area (Å²) in [4.78, 5) is 42.7. The fourth-order valence-electron chi connectivity index (χ4n) is 3.77. The number of fused-ring (bicyclic) bond motifs is 1. The van der Waals surface area contributed by atoms with Crippen molar-refractivity contribution in [1.82, 2.24) is 4.90 Å². The van der Waals surface area contributed by atoms with Crippen molar-refractivity contribution >= 4 is 63.0 Å². The van der Waals surface area contributed by atoms with Crippen LogP contribution in [0.3, 0.4) is 0 Å². The van der Waals surface area contributed by atoms with E-state index < -0.39 is 0 Å².